The Morgan fingerprint density at radius 2 is 1.65 bits per heavy atom. The molecule has 3 amide bonds. The molecule has 0 radical (unpaired) electrons. The van der Waals surface area contributed by atoms with Gasteiger partial charge in [-0.25, -0.2) is 14.6 Å². The van der Waals surface area contributed by atoms with Crippen molar-refractivity contribution in [1.82, 2.24) is 9.80 Å². The van der Waals surface area contributed by atoms with Crippen molar-refractivity contribution in [3.63, 3.8) is 0 Å². The standard InChI is InChI=1S/C27H30F2N6O5/c1-27(2)39-15-22(40-27)26(38)33-9-7-32(8-10-33)23-20(28)11-17(12-21(23)29)35(31)14-16(30)13-34-24(36)18-5-3-4-6-19(18)25(34)37/h3-6,11-12,14,22H,7-10,13,15,30-31H2,1-2H3/b16-14-. The molecular formula is C27H30F2N6O5. The molecule has 0 aliphatic carbocycles. The summed E-state index contributed by atoms with van der Waals surface area (Å²) in [6, 6.07) is 8.54. The van der Waals surface area contributed by atoms with Crippen molar-refractivity contribution in [1.29, 1.82) is 0 Å². The number of nitrogens with two attached hydrogens (primary N) is 2. The van der Waals surface area contributed by atoms with E-state index in [1.165, 1.54) is 11.1 Å². The van der Waals surface area contributed by atoms with E-state index >= 15 is 8.78 Å². The summed E-state index contributed by atoms with van der Waals surface area (Å²) in [5.41, 5.74) is 6.35. The number of amides is 3. The molecule has 0 bridgehead atoms. The van der Waals surface area contributed by atoms with Crippen molar-refractivity contribution >= 4 is 29.1 Å². The van der Waals surface area contributed by atoms with Gasteiger partial charge in [0.2, 0.25) is 0 Å². The number of imide groups is 1. The number of hydrogen-bond acceptors (Lipinski definition) is 9. The van der Waals surface area contributed by atoms with Crippen molar-refractivity contribution in [3.8, 4) is 0 Å². The van der Waals surface area contributed by atoms with Crippen LogP contribution in [0.25, 0.3) is 0 Å². The number of hydrogen-bond donors (Lipinski definition) is 2. The van der Waals surface area contributed by atoms with Gasteiger partial charge in [-0.05, 0) is 26.0 Å². The quantitative estimate of drug-likeness (QED) is 0.309. The molecule has 1 unspecified atom stereocenters. The van der Waals surface area contributed by atoms with Crippen molar-refractivity contribution in [2.45, 2.75) is 25.7 Å². The monoisotopic (exact) mass is 556 g/mol. The molecule has 3 heterocycles. The molecule has 3 aliphatic heterocycles. The van der Waals surface area contributed by atoms with Gasteiger partial charge in [0.05, 0.1) is 30.0 Å². The van der Waals surface area contributed by atoms with Crippen LogP contribution in [0.15, 0.2) is 48.3 Å². The molecule has 1 atom stereocenters. The number of nitrogens with zero attached hydrogens (tertiary/aromatic N) is 4. The summed E-state index contributed by atoms with van der Waals surface area (Å²) in [7, 11) is 0. The summed E-state index contributed by atoms with van der Waals surface area (Å²) in [6.07, 6.45) is 0.486. The predicted octanol–water partition coefficient (Wildman–Crippen LogP) is 1.54. The molecule has 40 heavy (non-hydrogen) atoms. The van der Waals surface area contributed by atoms with Crippen LogP contribution >= 0.6 is 0 Å². The molecule has 0 spiro atoms. The van der Waals surface area contributed by atoms with E-state index in [1.54, 1.807) is 43.0 Å². The van der Waals surface area contributed by atoms with Gasteiger partial charge >= 0.3 is 0 Å². The zero-order chi connectivity index (χ0) is 28.8. The van der Waals surface area contributed by atoms with Gasteiger partial charge in [0.1, 0.15) is 5.69 Å². The van der Waals surface area contributed by atoms with Crippen molar-refractivity contribution in [3.05, 3.63) is 71.1 Å². The molecule has 2 aromatic rings. The van der Waals surface area contributed by atoms with Crippen molar-refractivity contribution < 1.29 is 32.6 Å². The fourth-order valence-corrected chi connectivity index (χ4v) is 5.03. The van der Waals surface area contributed by atoms with Crippen LogP contribution in [0.3, 0.4) is 0 Å². The number of ether oxygens (including phenoxy) is 2. The zero-order valence-electron chi connectivity index (χ0n) is 22.1. The lowest BCUT2D eigenvalue weighted by Crippen LogP contribution is -2.52. The minimum absolute atomic E-state index is 0.0288. The van der Waals surface area contributed by atoms with Crippen LogP contribution in [-0.2, 0) is 14.3 Å². The third-order valence-electron chi connectivity index (χ3n) is 7.01. The molecule has 2 saturated heterocycles. The molecule has 3 aliphatic rings. The number of piperazine rings is 1. The average Bonchev–Trinajstić information content (AvgIpc) is 3.40. The van der Waals surface area contributed by atoms with Crippen LogP contribution in [0.5, 0.6) is 0 Å². The number of rotatable bonds is 6. The first-order valence-corrected chi connectivity index (χ1v) is 12.7. The maximum absolute atomic E-state index is 15.1. The van der Waals surface area contributed by atoms with Crippen molar-refractivity contribution in [2.24, 2.45) is 11.6 Å². The maximum Gasteiger partial charge on any atom is 0.261 e. The molecule has 2 aromatic carbocycles. The van der Waals surface area contributed by atoms with Crippen LogP contribution in [0.2, 0.25) is 0 Å². The largest absolute Gasteiger partial charge is 0.399 e. The number of hydrazine groups is 1. The van der Waals surface area contributed by atoms with E-state index < -0.39 is 35.3 Å². The van der Waals surface area contributed by atoms with E-state index in [0.717, 1.165) is 22.0 Å². The van der Waals surface area contributed by atoms with Crippen LogP contribution in [0, 0.1) is 11.6 Å². The first-order valence-electron chi connectivity index (χ1n) is 12.7. The first-order chi connectivity index (χ1) is 18.9. The zero-order valence-corrected chi connectivity index (χ0v) is 22.1. The van der Waals surface area contributed by atoms with Crippen LogP contribution in [-0.4, -0.2) is 78.7 Å². The highest BCUT2D eigenvalue weighted by Gasteiger charge is 2.40. The number of carbonyl (C=O) groups is 3. The minimum Gasteiger partial charge on any atom is -0.399 e. The van der Waals surface area contributed by atoms with E-state index in [0.29, 0.717) is 0 Å². The third kappa shape index (κ3) is 5.22. The predicted molar refractivity (Wildman–Crippen MR) is 141 cm³/mol. The van der Waals surface area contributed by atoms with E-state index in [2.05, 4.69) is 0 Å². The van der Waals surface area contributed by atoms with Gasteiger partial charge in [-0.15, -0.1) is 0 Å². The van der Waals surface area contributed by atoms with Gasteiger partial charge < -0.3 is 25.0 Å². The van der Waals surface area contributed by atoms with E-state index in [9.17, 15) is 14.4 Å². The lowest BCUT2D eigenvalue weighted by Gasteiger charge is -2.37. The maximum atomic E-state index is 15.1. The molecule has 212 valence electrons. The molecular weight excluding hydrogens is 526 g/mol. The lowest BCUT2D eigenvalue weighted by molar-refractivity contribution is -0.160. The molecule has 5 rings (SSSR count). The Bertz CT molecular complexity index is 1330. The summed E-state index contributed by atoms with van der Waals surface area (Å²) in [6.45, 7) is 4.33. The number of benzene rings is 2. The third-order valence-corrected chi connectivity index (χ3v) is 7.01. The Morgan fingerprint density at radius 3 is 2.17 bits per heavy atom. The molecule has 0 saturated carbocycles. The second-order valence-electron chi connectivity index (χ2n) is 10.2. The normalized spacial score (nSPS) is 20.8. The molecule has 11 nitrogen and oxygen atoms in total. The SMILES string of the molecule is CC1(C)OCC(C(=O)N2CCN(c3c(F)cc(N(N)/C=C(\N)CN4C(=O)c5ccccc5C4=O)cc3F)CC2)O1. The van der Waals surface area contributed by atoms with Crippen LogP contribution in [0.4, 0.5) is 20.2 Å². The van der Waals surface area contributed by atoms with Gasteiger partial charge in [0.15, 0.2) is 23.5 Å². The smallest absolute Gasteiger partial charge is 0.261 e. The Kier molecular flexibility index (Phi) is 7.21. The van der Waals surface area contributed by atoms with Gasteiger partial charge in [-0.3, -0.25) is 24.3 Å². The number of carbonyl (C=O) groups excluding carboxylic acids is 3. The Morgan fingerprint density at radius 1 is 1.07 bits per heavy atom. The highest BCUT2D eigenvalue weighted by atomic mass is 19.1. The fraction of sp³-hybridized carbons (Fsp3) is 0.370. The Balaban J connectivity index is 1.22. The Hall–Kier alpha value is -4.07. The van der Waals surface area contributed by atoms with E-state index in [-0.39, 0.29) is 73.4 Å². The van der Waals surface area contributed by atoms with Gasteiger partial charge in [-0.1, -0.05) is 12.1 Å². The summed E-state index contributed by atoms with van der Waals surface area (Å²) < 4.78 is 41.3. The molecule has 2 fully saturated rings. The number of fused-ring (bicyclic) bond motifs is 1. The van der Waals surface area contributed by atoms with Crippen LogP contribution < -0.4 is 21.5 Å². The second-order valence-corrected chi connectivity index (χ2v) is 10.2. The topological polar surface area (TPSA) is 135 Å². The fourth-order valence-electron chi connectivity index (χ4n) is 5.03. The number of halogens is 2. The van der Waals surface area contributed by atoms with Crippen LogP contribution in [0.1, 0.15) is 34.6 Å². The average molecular weight is 557 g/mol. The molecule has 4 N–H and O–H groups in total. The minimum atomic E-state index is -0.841. The molecule has 0 aromatic heterocycles. The van der Waals surface area contributed by atoms with Gasteiger partial charge in [-0.2, -0.15) is 0 Å². The van der Waals surface area contributed by atoms with Gasteiger partial charge in [0, 0.05) is 50.2 Å². The summed E-state index contributed by atoms with van der Waals surface area (Å²) in [5, 5.41) is 0.922. The summed E-state index contributed by atoms with van der Waals surface area (Å²) >= 11 is 0. The highest BCUT2D eigenvalue weighted by molar-refractivity contribution is 6.21. The Labute approximate surface area is 229 Å². The first kappa shape index (κ1) is 27.5. The van der Waals surface area contributed by atoms with E-state index in [1.807, 2.05) is 0 Å². The lowest BCUT2D eigenvalue weighted by atomic mass is 10.1. The highest BCUT2D eigenvalue weighted by Crippen LogP contribution is 2.30. The second kappa shape index (κ2) is 10.5. The molecule has 13 heteroatoms. The summed E-state index contributed by atoms with van der Waals surface area (Å²) in [5.74, 6) is 2.29. The summed E-state index contributed by atoms with van der Waals surface area (Å²) in [4.78, 5) is 42.0. The van der Waals surface area contributed by atoms with Gasteiger partial charge in [0.25, 0.3) is 17.7 Å². The van der Waals surface area contributed by atoms with E-state index in [4.69, 9.17) is 21.1 Å². The van der Waals surface area contributed by atoms with Crippen molar-refractivity contribution in [2.75, 3.05) is 49.2 Å². The number of anilines is 2.